The molecule has 1 aromatic heterocycles. The Kier molecular flexibility index (Phi) is 7.89. The molecule has 0 aromatic carbocycles. The zero-order valence-corrected chi connectivity index (χ0v) is 15.5. The van der Waals surface area contributed by atoms with Gasteiger partial charge in [-0.15, -0.1) is 11.3 Å². The quantitative estimate of drug-likeness (QED) is 0.433. The topological polar surface area (TPSA) is 45.7 Å². The van der Waals surface area contributed by atoms with Crippen LogP contribution in [0.1, 0.15) is 48.8 Å². The number of hydrogen-bond acceptors (Lipinski definition) is 3. The highest BCUT2D eigenvalue weighted by atomic mass is 32.1. The number of aryl methyl sites for hydroxylation is 1. The lowest BCUT2D eigenvalue weighted by molar-refractivity contribution is 0.0574. The molecule has 1 heterocycles. The Morgan fingerprint density at radius 1 is 1.39 bits per heavy atom. The van der Waals surface area contributed by atoms with E-state index in [9.17, 15) is 0 Å². The molecule has 1 aliphatic rings. The van der Waals surface area contributed by atoms with Crippen LogP contribution in [0.25, 0.3) is 0 Å². The molecule has 1 atom stereocenters. The summed E-state index contributed by atoms with van der Waals surface area (Å²) in [6.45, 7) is 6.10. The molecular formula is C18H31N3OS. The third-order valence-electron chi connectivity index (χ3n) is 4.18. The molecule has 0 bridgehead atoms. The number of guanidine groups is 1. The van der Waals surface area contributed by atoms with E-state index in [0.717, 1.165) is 32.0 Å². The predicted octanol–water partition coefficient (Wildman–Crippen LogP) is 3.50. The molecule has 1 saturated carbocycles. The molecule has 5 heteroatoms. The van der Waals surface area contributed by atoms with Gasteiger partial charge in [0.15, 0.2) is 5.96 Å². The molecule has 0 amide bonds. The van der Waals surface area contributed by atoms with Gasteiger partial charge in [-0.3, -0.25) is 4.99 Å². The van der Waals surface area contributed by atoms with Crippen molar-refractivity contribution in [1.29, 1.82) is 0 Å². The largest absolute Gasteiger partial charge is 0.378 e. The van der Waals surface area contributed by atoms with E-state index in [1.807, 2.05) is 18.4 Å². The van der Waals surface area contributed by atoms with E-state index in [1.54, 1.807) is 0 Å². The highest BCUT2D eigenvalue weighted by Crippen LogP contribution is 2.20. The monoisotopic (exact) mass is 337 g/mol. The molecule has 2 N–H and O–H groups in total. The number of thiophene rings is 1. The fourth-order valence-corrected chi connectivity index (χ4v) is 3.98. The van der Waals surface area contributed by atoms with Gasteiger partial charge in [-0.05, 0) is 45.2 Å². The lowest BCUT2D eigenvalue weighted by Crippen LogP contribution is -2.43. The first-order chi connectivity index (χ1) is 11.2. The van der Waals surface area contributed by atoms with Crippen LogP contribution >= 0.6 is 11.3 Å². The normalized spacial score (nSPS) is 17.4. The molecule has 2 rings (SSSR count). The third kappa shape index (κ3) is 6.92. The molecule has 1 fully saturated rings. The van der Waals surface area contributed by atoms with Gasteiger partial charge < -0.3 is 15.4 Å². The van der Waals surface area contributed by atoms with Crippen molar-refractivity contribution in [2.75, 3.05) is 20.2 Å². The SMILES string of the molecule is CN=C(NCCCOC1CCCC1)NC(C)Cc1ccc(C)s1. The molecule has 1 unspecified atom stereocenters. The average Bonchev–Trinajstić information content (AvgIpc) is 3.17. The summed E-state index contributed by atoms with van der Waals surface area (Å²) < 4.78 is 5.88. The Bertz CT molecular complexity index is 480. The first kappa shape index (κ1) is 18.3. The molecule has 0 radical (unpaired) electrons. The van der Waals surface area contributed by atoms with Gasteiger partial charge in [0.2, 0.25) is 0 Å². The van der Waals surface area contributed by atoms with Crippen LogP contribution in [0.5, 0.6) is 0 Å². The minimum Gasteiger partial charge on any atom is -0.378 e. The second kappa shape index (κ2) is 9.93. The maximum atomic E-state index is 5.88. The van der Waals surface area contributed by atoms with Crippen LogP contribution in [0.2, 0.25) is 0 Å². The highest BCUT2D eigenvalue weighted by Gasteiger charge is 2.14. The summed E-state index contributed by atoms with van der Waals surface area (Å²) in [6, 6.07) is 4.77. The van der Waals surface area contributed by atoms with Crippen molar-refractivity contribution in [2.24, 2.45) is 4.99 Å². The standard InChI is InChI=1S/C18H31N3OS/c1-14(13-17-10-9-15(2)23-17)21-18(19-3)20-11-6-12-22-16-7-4-5-8-16/h9-10,14,16H,4-8,11-13H2,1-3H3,(H2,19,20,21). The van der Waals surface area contributed by atoms with Crippen molar-refractivity contribution in [2.45, 2.75) is 64.5 Å². The lowest BCUT2D eigenvalue weighted by atomic mass is 10.2. The van der Waals surface area contributed by atoms with Crippen molar-refractivity contribution >= 4 is 17.3 Å². The number of aliphatic imine (C=N–C) groups is 1. The van der Waals surface area contributed by atoms with Crippen LogP contribution in [-0.2, 0) is 11.2 Å². The zero-order chi connectivity index (χ0) is 16.5. The lowest BCUT2D eigenvalue weighted by Gasteiger charge is -2.18. The van der Waals surface area contributed by atoms with E-state index in [-0.39, 0.29) is 0 Å². The van der Waals surface area contributed by atoms with Crippen LogP contribution in [0.3, 0.4) is 0 Å². The van der Waals surface area contributed by atoms with Gasteiger partial charge in [-0.2, -0.15) is 0 Å². The average molecular weight is 338 g/mol. The van der Waals surface area contributed by atoms with E-state index < -0.39 is 0 Å². The van der Waals surface area contributed by atoms with Gasteiger partial charge >= 0.3 is 0 Å². The van der Waals surface area contributed by atoms with E-state index in [2.05, 4.69) is 41.6 Å². The number of rotatable bonds is 8. The second-order valence-electron chi connectivity index (χ2n) is 6.39. The minimum atomic E-state index is 0.369. The van der Waals surface area contributed by atoms with Crippen LogP contribution in [0.4, 0.5) is 0 Å². The highest BCUT2D eigenvalue weighted by molar-refractivity contribution is 7.11. The smallest absolute Gasteiger partial charge is 0.191 e. The van der Waals surface area contributed by atoms with Crippen molar-refractivity contribution in [3.8, 4) is 0 Å². The van der Waals surface area contributed by atoms with Crippen molar-refractivity contribution in [3.05, 3.63) is 21.9 Å². The molecule has 0 spiro atoms. The first-order valence-electron chi connectivity index (χ1n) is 8.81. The Morgan fingerprint density at radius 3 is 2.83 bits per heavy atom. The summed E-state index contributed by atoms with van der Waals surface area (Å²) in [5.41, 5.74) is 0. The molecule has 0 saturated heterocycles. The van der Waals surface area contributed by atoms with Crippen molar-refractivity contribution < 1.29 is 4.74 Å². The fraction of sp³-hybridized carbons (Fsp3) is 0.722. The van der Waals surface area contributed by atoms with E-state index in [1.165, 1.54) is 35.4 Å². The summed E-state index contributed by atoms with van der Waals surface area (Å²) in [7, 11) is 1.83. The summed E-state index contributed by atoms with van der Waals surface area (Å²) in [5, 5.41) is 6.84. The first-order valence-corrected chi connectivity index (χ1v) is 9.63. The molecule has 1 aromatic rings. The fourth-order valence-electron chi connectivity index (χ4n) is 2.96. The van der Waals surface area contributed by atoms with Gasteiger partial charge in [-0.25, -0.2) is 0 Å². The van der Waals surface area contributed by atoms with Gasteiger partial charge in [0.05, 0.1) is 6.10 Å². The molecule has 0 aliphatic heterocycles. The Labute approximate surface area is 144 Å². The van der Waals surface area contributed by atoms with Crippen LogP contribution < -0.4 is 10.6 Å². The van der Waals surface area contributed by atoms with E-state index >= 15 is 0 Å². The Morgan fingerprint density at radius 2 is 2.17 bits per heavy atom. The van der Waals surface area contributed by atoms with Gasteiger partial charge in [0.25, 0.3) is 0 Å². The molecule has 1 aliphatic carbocycles. The number of hydrogen-bond donors (Lipinski definition) is 2. The van der Waals surface area contributed by atoms with Crippen LogP contribution in [-0.4, -0.2) is 38.3 Å². The maximum absolute atomic E-state index is 5.88. The third-order valence-corrected chi connectivity index (χ3v) is 5.20. The summed E-state index contributed by atoms with van der Waals surface area (Å²) >= 11 is 1.87. The summed E-state index contributed by atoms with van der Waals surface area (Å²) in [5.74, 6) is 0.881. The van der Waals surface area contributed by atoms with Crippen LogP contribution in [0.15, 0.2) is 17.1 Å². The Hall–Kier alpha value is -1.07. The van der Waals surface area contributed by atoms with Gasteiger partial charge in [-0.1, -0.05) is 12.8 Å². The van der Waals surface area contributed by atoms with Crippen LogP contribution in [0, 0.1) is 6.92 Å². The molecule has 130 valence electrons. The Balaban J connectivity index is 1.58. The number of nitrogens with zero attached hydrogens (tertiary/aromatic N) is 1. The number of nitrogens with one attached hydrogen (secondary N) is 2. The molecule has 23 heavy (non-hydrogen) atoms. The second-order valence-corrected chi connectivity index (χ2v) is 7.76. The summed E-state index contributed by atoms with van der Waals surface area (Å²) in [4.78, 5) is 7.10. The molecular weight excluding hydrogens is 306 g/mol. The van der Waals surface area contributed by atoms with Gasteiger partial charge in [0, 0.05) is 42.4 Å². The van der Waals surface area contributed by atoms with E-state index in [0.29, 0.717) is 12.1 Å². The maximum Gasteiger partial charge on any atom is 0.191 e. The minimum absolute atomic E-state index is 0.369. The predicted molar refractivity (Wildman–Crippen MR) is 99.5 cm³/mol. The van der Waals surface area contributed by atoms with Gasteiger partial charge in [0.1, 0.15) is 0 Å². The van der Waals surface area contributed by atoms with E-state index in [4.69, 9.17) is 4.74 Å². The van der Waals surface area contributed by atoms with Crippen molar-refractivity contribution in [1.82, 2.24) is 10.6 Å². The summed E-state index contributed by atoms with van der Waals surface area (Å²) in [6.07, 6.45) is 7.73. The number of ether oxygens (including phenoxy) is 1. The zero-order valence-electron chi connectivity index (χ0n) is 14.7. The van der Waals surface area contributed by atoms with Crippen molar-refractivity contribution in [3.63, 3.8) is 0 Å². The molecule has 4 nitrogen and oxygen atoms in total.